The largest absolute Gasteiger partial charge is 0.378 e. The standard InChI is InChI=1S/C21H26N4OS/c1-13-18-14(2)23-15(3)24-21(18)27-19(13)20(26)22-12-6-7-16-8-10-17(11-9-16)25(4)5/h8-11H,6-7,12H2,1-5H3,(H,22,26). The third-order valence-corrected chi connectivity index (χ3v) is 5.85. The van der Waals surface area contributed by atoms with Crippen LogP contribution in [0.4, 0.5) is 5.69 Å². The Morgan fingerprint density at radius 2 is 1.81 bits per heavy atom. The van der Waals surface area contributed by atoms with Gasteiger partial charge in [0.25, 0.3) is 5.91 Å². The highest BCUT2D eigenvalue weighted by Gasteiger charge is 2.18. The molecule has 0 aliphatic rings. The Hall–Kier alpha value is -2.47. The molecule has 0 radical (unpaired) electrons. The zero-order chi connectivity index (χ0) is 19.6. The second-order valence-electron chi connectivity index (χ2n) is 7.01. The zero-order valence-corrected chi connectivity index (χ0v) is 17.4. The van der Waals surface area contributed by atoms with Crippen LogP contribution in [0.25, 0.3) is 10.2 Å². The molecule has 0 spiro atoms. The maximum atomic E-state index is 12.6. The van der Waals surface area contributed by atoms with Crippen molar-refractivity contribution in [2.75, 3.05) is 25.5 Å². The molecule has 3 aromatic rings. The normalized spacial score (nSPS) is 11.0. The fraction of sp³-hybridized carbons (Fsp3) is 0.381. The minimum Gasteiger partial charge on any atom is -0.378 e. The molecular formula is C21H26N4OS. The smallest absolute Gasteiger partial charge is 0.261 e. The highest BCUT2D eigenvalue weighted by Crippen LogP contribution is 2.31. The van der Waals surface area contributed by atoms with E-state index in [9.17, 15) is 4.79 Å². The van der Waals surface area contributed by atoms with Crippen molar-refractivity contribution >= 4 is 33.1 Å². The van der Waals surface area contributed by atoms with Crippen LogP contribution in [-0.2, 0) is 6.42 Å². The third-order valence-electron chi connectivity index (χ3n) is 4.67. The number of carbonyl (C=O) groups excluding carboxylic acids is 1. The predicted molar refractivity (Wildman–Crippen MR) is 113 cm³/mol. The fourth-order valence-corrected chi connectivity index (χ4v) is 4.42. The SMILES string of the molecule is Cc1nc(C)c2c(C)c(C(=O)NCCCc3ccc(N(C)C)cc3)sc2n1. The molecule has 6 heteroatoms. The van der Waals surface area contributed by atoms with Crippen LogP contribution in [0.2, 0.25) is 0 Å². The fourth-order valence-electron chi connectivity index (χ4n) is 3.23. The number of aromatic nitrogens is 2. The molecule has 0 aliphatic carbocycles. The maximum Gasteiger partial charge on any atom is 0.261 e. The number of anilines is 1. The molecule has 1 amide bonds. The topological polar surface area (TPSA) is 58.1 Å². The average Bonchev–Trinajstić information content (AvgIpc) is 2.95. The molecular weight excluding hydrogens is 356 g/mol. The monoisotopic (exact) mass is 382 g/mol. The number of nitrogens with one attached hydrogen (secondary N) is 1. The van der Waals surface area contributed by atoms with Gasteiger partial charge in [-0.15, -0.1) is 11.3 Å². The number of aryl methyl sites for hydroxylation is 4. The molecule has 0 atom stereocenters. The molecule has 0 saturated carbocycles. The van der Waals surface area contributed by atoms with Gasteiger partial charge in [-0.05, 0) is 56.9 Å². The number of thiophene rings is 1. The van der Waals surface area contributed by atoms with E-state index in [2.05, 4.69) is 44.5 Å². The van der Waals surface area contributed by atoms with E-state index in [-0.39, 0.29) is 5.91 Å². The van der Waals surface area contributed by atoms with Crippen molar-refractivity contribution in [1.82, 2.24) is 15.3 Å². The molecule has 142 valence electrons. The Morgan fingerprint density at radius 3 is 2.48 bits per heavy atom. The minimum atomic E-state index is -0.0180. The van der Waals surface area contributed by atoms with E-state index in [1.54, 1.807) is 0 Å². The van der Waals surface area contributed by atoms with Gasteiger partial charge < -0.3 is 10.2 Å². The molecule has 0 fully saturated rings. The summed E-state index contributed by atoms with van der Waals surface area (Å²) in [5.74, 6) is 0.726. The molecule has 0 bridgehead atoms. The Kier molecular flexibility index (Phi) is 5.75. The first-order valence-electron chi connectivity index (χ1n) is 9.15. The molecule has 1 N–H and O–H groups in total. The minimum absolute atomic E-state index is 0.0180. The second kappa shape index (κ2) is 8.05. The van der Waals surface area contributed by atoms with Crippen molar-refractivity contribution in [3.63, 3.8) is 0 Å². The summed E-state index contributed by atoms with van der Waals surface area (Å²) in [5, 5.41) is 4.06. The lowest BCUT2D eigenvalue weighted by molar-refractivity contribution is 0.0957. The molecule has 0 aliphatic heterocycles. The van der Waals surface area contributed by atoms with Crippen LogP contribution >= 0.6 is 11.3 Å². The highest BCUT2D eigenvalue weighted by molar-refractivity contribution is 7.20. The van der Waals surface area contributed by atoms with Crippen molar-refractivity contribution in [2.24, 2.45) is 0 Å². The number of hydrogen-bond acceptors (Lipinski definition) is 5. The first-order chi connectivity index (χ1) is 12.9. The number of fused-ring (bicyclic) bond motifs is 1. The van der Waals surface area contributed by atoms with Crippen molar-refractivity contribution in [3.8, 4) is 0 Å². The van der Waals surface area contributed by atoms with Crippen LogP contribution in [-0.4, -0.2) is 36.5 Å². The van der Waals surface area contributed by atoms with Crippen LogP contribution in [0.3, 0.4) is 0 Å². The Bertz CT molecular complexity index is 960. The van der Waals surface area contributed by atoms with Crippen molar-refractivity contribution in [3.05, 3.63) is 51.8 Å². The summed E-state index contributed by atoms with van der Waals surface area (Å²) in [5.41, 5.74) is 4.39. The van der Waals surface area contributed by atoms with Gasteiger partial charge >= 0.3 is 0 Å². The Balaban J connectivity index is 1.59. The van der Waals surface area contributed by atoms with Gasteiger partial charge in [-0.25, -0.2) is 9.97 Å². The van der Waals surface area contributed by atoms with Gasteiger partial charge in [-0.2, -0.15) is 0 Å². The van der Waals surface area contributed by atoms with Crippen LogP contribution in [0.1, 0.15) is 38.7 Å². The summed E-state index contributed by atoms with van der Waals surface area (Å²) >= 11 is 1.45. The number of hydrogen-bond donors (Lipinski definition) is 1. The highest BCUT2D eigenvalue weighted by atomic mass is 32.1. The van der Waals surface area contributed by atoms with Gasteiger partial charge in [0.2, 0.25) is 0 Å². The van der Waals surface area contributed by atoms with E-state index in [1.165, 1.54) is 22.6 Å². The number of amides is 1. The van der Waals surface area contributed by atoms with Gasteiger partial charge in [0.1, 0.15) is 10.7 Å². The predicted octanol–water partition coefficient (Wildman–Crippen LogP) is 4.05. The molecule has 0 unspecified atom stereocenters. The van der Waals surface area contributed by atoms with Crippen molar-refractivity contribution < 1.29 is 4.79 Å². The summed E-state index contributed by atoms with van der Waals surface area (Å²) in [6.45, 7) is 6.49. The maximum absolute atomic E-state index is 12.6. The van der Waals surface area contributed by atoms with E-state index in [4.69, 9.17) is 0 Å². The van der Waals surface area contributed by atoms with Crippen molar-refractivity contribution in [1.29, 1.82) is 0 Å². The van der Waals surface area contributed by atoms with Crippen LogP contribution in [0.15, 0.2) is 24.3 Å². The van der Waals surface area contributed by atoms with E-state index in [0.717, 1.165) is 45.0 Å². The third kappa shape index (κ3) is 4.27. The number of carbonyl (C=O) groups is 1. The van der Waals surface area contributed by atoms with Gasteiger partial charge in [-0.1, -0.05) is 12.1 Å². The number of benzene rings is 1. The molecule has 2 heterocycles. The first-order valence-corrected chi connectivity index (χ1v) is 9.97. The van der Waals surface area contributed by atoms with Gasteiger partial charge in [0, 0.05) is 37.4 Å². The van der Waals surface area contributed by atoms with Crippen LogP contribution < -0.4 is 10.2 Å². The van der Waals surface area contributed by atoms with E-state index in [1.807, 2.05) is 34.9 Å². The van der Waals surface area contributed by atoms with Gasteiger partial charge in [-0.3, -0.25) is 4.79 Å². The summed E-state index contributed by atoms with van der Waals surface area (Å²) in [7, 11) is 4.07. The van der Waals surface area contributed by atoms with E-state index in [0.29, 0.717) is 6.54 Å². The Labute approximate surface area is 164 Å². The molecule has 3 rings (SSSR count). The second-order valence-corrected chi connectivity index (χ2v) is 8.01. The van der Waals surface area contributed by atoms with Gasteiger partial charge in [0.05, 0.1) is 4.88 Å². The van der Waals surface area contributed by atoms with Crippen LogP contribution in [0.5, 0.6) is 0 Å². The quantitative estimate of drug-likeness (QED) is 0.654. The lowest BCUT2D eigenvalue weighted by Gasteiger charge is -2.12. The molecule has 0 saturated heterocycles. The van der Waals surface area contributed by atoms with E-state index >= 15 is 0 Å². The summed E-state index contributed by atoms with van der Waals surface area (Å²) in [6.07, 6.45) is 1.86. The van der Waals surface area contributed by atoms with Gasteiger partial charge in [0.15, 0.2) is 0 Å². The molecule has 5 nitrogen and oxygen atoms in total. The number of rotatable bonds is 6. The zero-order valence-electron chi connectivity index (χ0n) is 16.6. The lowest BCUT2D eigenvalue weighted by Crippen LogP contribution is -2.24. The molecule has 27 heavy (non-hydrogen) atoms. The Morgan fingerprint density at radius 1 is 1.11 bits per heavy atom. The molecule has 2 aromatic heterocycles. The first kappa shape index (κ1) is 19.3. The average molecular weight is 383 g/mol. The lowest BCUT2D eigenvalue weighted by atomic mass is 10.1. The number of nitrogens with zero attached hydrogens (tertiary/aromatic N) is 3. The van der Waals surface area contributed by atoms with Crippen molar-refractivity contribution in [2.45, 2.75) is 33.6 Å². The molecule has 1 aromatic carbocycles. The summed E-state index contributed by atoms with van der Waals surface area (Å²) in [4.78, 5) is 25.2. The summed E-state index contributed by atoms with van der Waals surface area (Å²) in [6, 6.07) is 8.55. The summed E-state index contributed by atoms with van der Waals surface area (Å²) < 4.78 is 0. The van der Waals surface area contributed by atoms with E-state index < -0.39 is 0 Å². The van der Waals surface area contributed by atoms with Crippen LogP contribution in [0, 0.1) is 20.8 Å².